The molecule has 3 rings (SSSR count). The van der Waals surface area contributed by atoms with Gasteiger partial charge in [0.15, 0.2) is 0 Å². The van der Waals surface area contributed by atoms with Crippen molar-refractivity contribution in [2.45, 2.75) is 25.2 Å². The van der Waals surface area contributed by atoms with Crippen LogP contribution in [0.5, 0.6) is 11.5 Å². The number of nitrogens with zero attached hydrogens (tertiary/aromatic N) is 1. The summed E-state index contributed by atoms with van der Waals surface area (Å²) in [4.78, 5) is 4.42. The summed E-state index contributed by atoms with van der Waals surface area (Å²) in [5.41, 5.74) is 11.2. The van der Waals surface area contributed by atoms with E-state index in [2.05, 4.69) is 29.2 Å². The second-order valence-electron chi connectivity index (χ2n) is 6.15. The molecule has 1 aromatic heterocycles. The number of methoxy groups -OCH3 is 2. The van der Waals surface area contributed by atoms with Crippen LogP contribution in [0, 0.1) is 0 Å². The van der Waals surface area contributed by atoms with Crippen molar-refractivity contribution in [3.63, 3.8) is 0 Å². The fourth-order valence-electron chi connectivity index (χ4n) is 3.11. The molecule has 0 spiro atoms. The molecule has 1 heterocycles. The molecule has 0 saturated heterocycles. The van der Waals surface area contributed by atoms with Gasteiger partial charge in [-0.3, -0.25) is 0 Å². The van der Waals surface area contributed by atoms with Gasteiger partial charge in [-0.05, 0) is 70.9 Å². The third-order valence-electron chi connectivity index (χ3n) is 4.49. The lowest BCUT2D eigenvalue weighted by Crippen LogP contribution is -2.03. The van der Waals surface area contributed by atoms with Gasteiger partial charge in [-0.15, -0.1) is 0 Å². The number of thiazole rings is 1. The molecule has 1 atom stereocenters. The standard InChI is InChI=1S/C21H23N2O2S/c1-24-17-11-9-16(10-12-17)19(20-14-26-21(22)23-20)8-4-6-15-5-3-7-18(13-15)25-2/h3,5,7,9-14,19H,4,6,8H2,1-2H3,(H-,22,23)/q-1. The van der Waals surface area contributed by atoms with E-state index in [0.29, 0.717) is 5.13 Å². The number of hydrogen-bond donors (Lipinski definition) is 0. The highest BCUT2D eigenvalue weighted by atomic mass is 32.1. The molecule has 136 valence electrons. The lowest BCUT2D eigenvalue weighted by atomic mass is 9.90. The summed E-state index contributed by atoms with van der Waals surface area (Å²) in [7, 11) is 3.37. The molecule has 1 N–H and O–H groups in total. The smallest absolute Gasteiger partial charge is 0.119 e. The third kappa shape index (κ3) is 4.55. The number of ether oxygens (including phenoxy) is 2. The molecule has 0 amide bonds. The second-order valence-corrected chi connectivity index (χ2v) is 7.01. The topological polar surface area (TPSA) is 55.2 Å². The number of aromatic nitrogens is 1. The maximum Gasteiger partial charge on any atom is 0.119 e. The molecule has 3 aromatic rings. The first kappa shape index (κ1) is 18.3. The molecular weight excluding hydrogens is 344 g/mol. The van der Waals surface area contributed by atoms with E-state index in [1.165, 1.54) is 22.5 Å². The molecule has 1 unspecified atom stereocenters. The molecule has 0 fully saturated rings. The normalized spacial score (nSPS) is 11.9. The van der Waals surface area contributed by atoms with Crippen molar-refractivity contribution in [2.24, 2.45) is 0 Å². The number of nitrogens with one attached hydrogen (secondary N) is 1. The van der Waals surface area contributed by atoms with Crippen molar-refractivity contribution in [1.82, 2.24) is 4.98 Å². The Morgan fingerprint density at radius 1 is 1.04 bits per heavy atom. The Labute approximate surface area is 158 Å². The summed E-state index contributed by atoms with van der Waals surface area (Å²) >= 11 is 1.38. The van der Waals surface area contributed by atoms with E-state index < -0.39 is 0 Å². The van der Waals surface area contributed by atoms with Gasteiger partial charge in [-0.2, -0.15) is 11.3 Å². The highest BCUT2D eigenvalue weighted by Crippen LogP contribution is 2.33. The zero-order valence-corrected chi connectivity index (χ0v) is 15.9. The predicted molar refractivity (Wildman–Crippen MR) is 107 cm³/mol. The molecule has 26 heavy (non-hydrogen) atoms. The summed E-state index contributed by atoms with van der Waals surface area (Å²) in [6.07, 6.45) is 3.00. The molecule has 0 radical (unpaired) electrons. The Balaban J connectivity index is 1.73. The van der Waals surface area contributed by atoms with E-state index in [4.69, 9.17) is 15.2 Å². The number of rotatable bonds is 8. The van der Waals surface area contributed by atoms with Crippen molar-refractivity contribution in [3.05, 3.63) is 76.5 Å². The summed E-state index contributed by atoms with van der Waals surface area (Å²) in [6.45, 7) is 0. The quantitative estimate of drug-likeness (QED) is 0.491. The number of benzene rings is 2. The highest BCUT2D eigenvalue weighted by Gasteiger charge is 2.14. The average Bonchev–Trinajstić information content (AvgIpc) is 3.11. The number of hydrogen-bond acceptors (Lipinski definition) is 4. The fourth-order valence-corrected chi connectivity index (χ4v) is 3.71. The van der Waals surface area contributed by atoms with Gasteiger partial charge in [0.1, 0.15) is 11.5 Å². The van der Waals surface area contributed by atoms with Gasteiger partial charge in [0.05, 0.1) is 14.2 Å². The maximum absolute atomic E-state index is 7.77. The molecule has 4 nitrogen and oxygen atoms in total. The molecule has 0 bridgehead atoms. The van der Waals surface area contributed by atoms with E-state index in [1.54, 1.807) is 14.2 Å². The van der Waals surface area contributed by atoms with E-state index in [0.717, 1.165) is 36.5 Å². The second kappa shape index (κ2) is 8.72. The largest absolute Gasteiger partial charge is 0.497 e. The first-order chi connectivity index (χ1) is 12.7. The van der Waals surface area contributed by atoms with Crippen molar-refractivity contribution in [2.75, 3.05) is 14.2 Å². The minimum absolute atomic E-state index is 0.196. The van der Waals surface area contributed by atoms with Gasteiger partial charge in [0.25, 0.3) is 0 Å². The van der Waals surface area contributed by atoms with Crippen LogP contribution in [0.15, 0.2) is 53.9 Å². The predicted octanol–water partition coefficient (Wildman–Crippen LogP) is 6.00. The van der Waals surface area contributed by atoms with Crippen molar-refractivity contribution < 1.29 is 9.47 Å². The first-order valence-corrected chi connectivity index (χ1v) is 9.51. The van der Waals surface area contributed by atoms with Crippen LogP contribution < -0.4 is 9.47 Å². The van der Waals surface area contributed by atoms with Crippen LogP contribution in [0.25, 0.3) is 5.73 Å². The Bertz CT molecular complexity index is 830. The van der Waals surface area contributed by atoms with Gasteiger partial charge >= 0.3 is 0 Å². The minimum Gasteiger partial charge on any atom is -0.497 e. The molecule has 2 aromatic carbocycles. The monoisotopic (exact) mass is 367 g/mol. The van der Waals surface area contributed by atoms with Crippen molar-refractivity contribution in [1.29, 1.82) is 0 Å². The summed E-state index contributed by atoms with van der Waals surface area (Å²) < 4.78 is 10.6. The van der Waals surface area contributed by atoms with Crippen LogP contribution >= 0.6 is 11.3 Å². The molecule has 0 saturated carbocycles. The maximum atomic E-state index is 7.77. The van der Waals surface area contributed by atoms with Gasteiger partial charge in [0.2, 0.25) is 0 Å². The average molecular weight is 367 g/mol. The molecule has 0 aliphatic heterocycles. The van der Waals surface area contributed by atoms with Gasteiger partial charge in [0, 0.05) is 5.92 Å². The van der Waals surface area contributed by atoms with E-state index >= 15 is 0 Å². The van der Waals surface area contributed by atoms with E-state index in [9.17, 15) is 0 Å². The number of aryl methyl sites for hydroxylation is 1. The summed E-state index contributed by atoms with van der Waals surface area (Å²) in [5.74, 6) is 1.94. The Morgan fingerprint density at radius 3 is 2.46 bits per heavy atom. The third-order valence-corrected chi connectivity index (χ3v) is 5.16. The summed E-state index contributed by atoms with van der Waals surface area (Å²) in [6, 6.07) is 16.4. The summed E-state index contributed by atoms with van der Waals surface area (Å²) in [5, 5.41) is 2.37. The van der Waals surface area contributed by atoms with E-state index in [-0.39, 0.29) is 5.92 Å². The molecule has 0 aliphatic carbocycles. The Hall–Kier alpha value is -2.53. The fraction of sp³-hybridized carbons (Fsp3) is 0.286. The molecule has 0 aliphatic rings. The minimum atomic E-state index is 0.196. The van der Waals surface area contributed by atoms with Crippen LogP contribution in [0.3, 0.4) is 0 Å². The van der Waals surface area contributed by atoms with Crippen LogP contribution in [0.2, 0.25) is 0 Å². The van der Waals surface area contributed by atoms with Gasteiger partial charge < -0.3 is 20.2 Å². The first-order valence-electron chi connectivity index (χ1n) is 8.63. The zero-order valence-electron chi connectivity index (χ0n) is 15.1. The molecule has 5 heteroatoms. The highest BCUT2D eigenvalue weighted by molar-refractivity contribution is 7.13. The Kier molecular flexibility index (Phi) is 6.12. The van der Waals surface area contributed by atoms with Gasteiger partial charge in [-0.25, -0.2) is 0 Å². The van der Waals surface area contributed by atoms with Gasteiger partial charge in [-0.1, -0.05) is 24.3 Å². The van der Waals surface area contributed by atoms with Crippen LogP contribution in [0.1, 0.15) is 35.6 Å². The lowest BCUT2D eigenvalue weighted by Gasteiger charge is -2.19. The van der Waals surface area contributed by atoms with Crippen molar-refractivity contribution in [3.8, 4) is 11.5 Å². The van der Waals surface area contributed by atoms with E-state index in [1.807, 2.05) is 29.6 Å². The van der Waals surface area contributed by atoms with Crippen LogP contribution in [0.4, 0.5) is 5.13 Å². The van der Waals surface area contributed by atoms with Crippen LogP contribution in [-0.2, 0) is 6.42 Å². The lowest BCUT2D eigenvalue weighted by molar-refractivity contribution is 0.414. The van der Waals surface area contributed by atoms with Crippen LogP contribution in [-0.4, -0.2) is 19.2 Å². The van der Waals surface area contributed by atoms with Crippen molar-refractivity contribution >= 4 is 16.5 Å². The molecular formula is C21H23N2O2S-. The zero-order chi connectivity index (χ0) is 18.4. The Morgan fingerprint density at radius 2 is 1.81 bits per heavy atom. The SMILES string of the molecule is COc1ccc(C(CCCc2cccc(OC)c2)c2csc([NH-])n2)cc1.